The van der Waals surface area contributed by atoms with Gasteiger partial charge in [0.15, 0.2) is 23.0 Å². The van der Waals surface area contributed by atoms with Crippen molar-refractivity contribution in [2.45, 2.75) is 19.3 Å². The predicted molar refractivity (Wildman–Crippen MR) is 145 cm³/mol. The Labute approximate surface area is 225 Å². The number of carbonyl (C=O) groups excluding carboxylic acids is 2. The molecule has 5 rings (SSSR count). The normalized spacial score (nSPS) is 15.2. The number of anilines is 3. The number of carbonyl (C=O) groups is 2. The van der Waals surface area contributed by atoms with Gasteiger partial charge in [-0.05, 0) is 43.0 Å². The molecule has 1 fully saturated rings. The molecule has 1 saturated heterocycles. The minimum absolute atomic E-state index is 0.0539. The molecule has 1 aliphatic rings. The number of ketones is 1. The van der Waals surface area contributed by atoms with Gasteiger partial charge in [0.1, 0.15) is 5.82 Å². The number of nitrogens with zero attached hydrogens (tertiary/aromatic N) is 5. The third-order valence-electron chi connectivity index (χ3n) is 6.79. The van der Waals surface area contributed by atoms with Crippen LogP contribution >= 0.6 is 0 Å². The highest BCUT2D eigenvalue weighted by Crippen LogP contribution is 2.31. The lowest BCUT2D eigenvalue weighted by Crippen LogP contribution is -2.37. The Kier molecular flexibility index (Phi) is 7.57. The second-order valence-electron chi connectivity index (χ2n) is 9.30. The van der Waals surface area contributed by atoms with Gasteiger partial charge in [0, 0.05) is 43.5 Å². The molecule has 39 heavy (non-hydrogen) atoms. The molecule has 0 amide bonds. The number of hydrogen-bond donors (Lipinski definition) is 1. The Balaban J connectivity index is 1.32. The molecule has 11 nitrogen and oxygen atoms in total. The lowest BCUT2D eigenvalue weighted by Gasteiger charge is -2.33. The molecule has 0 radical (unpaired) electrons. The summed E-state index contributed by atoms with van der Waals surface area (Å²) in [7, 11) is 4.44. The second-order valence-corrected chi connectivity index (χ2v) is 9.30. The first-order valence-electron chi connectivity index (χ1n) is 12.7. The molecule has 1 atom stereocenters. The topological polar surface area (TPSA) is 120 Å². The van der Waals surface area contributed by atoms with Crippen LogP contribution in [-0.2, 0) is 4.74 Å². The summed E-state index contributed by atoms with van der Waals surface area (Å²) in [6.07, 6.45) is 5.82. The van der Waals surface area contributed by atoms with Crippen molar-refractivity contribution in [3.05, 3.63) is 66.0 Å². The van der Waals surface area contributed by atoms with E-state index in [0.717, 1.165) is 30.9 Å². The zero-order valence-corrected chi connectivity index (χ0v) is 22.1. The van der Waals surface area contributed by atoms with E-state index >= 15 is 0 Å². The lowest BCUT2D eigenvalue weighted by molar-refractivity contribution is 0.0600. The molecule has 3 aromatic heterocycles. The molecular weight excluding hydrogens is 500 g/mol. The van der Waals surface area contributed by atoms with E-state index in [1.54, 1.807) is 67.5 Å². The zero-order chi connectivity index (χ0) is 27.4. The van der Waals surface area contributed by atoms with E-state index in [4.69, 9.17) is 19.3 Å². The average Bonchev–Trinajstić information content (AvgIpc) is 3.46. The molecule has 202 valence electrons. The standard InChI is InChI=1S/C28H30N6O5/c1-37-23-10-11-24(31-27(23)38-2)30-21-16-25(32-34-14-12-29-26(21)34)33-13-4-5-18(17-33)15-22(35)19-6-8-20(9-7-19)28(36)39-3/h6-12,14,16,18H,4-5,13,15,17H2,1-3H3,(H,30,31). The summed E-state index contributed by atoms with van der Waals surface area (Å²) in [4.78, 5) is 35.8. The van der Waals surface area contributed by atoms with Crippen LogP contribution in [0.4, 0.5) is 17.3 Å². The summed E-state index contributed by atoms with van der Waals surface area (Å²) >= 11 is 0. The zero-order valence-electron chi connectivity index (χ0n) is 22.1. The molecule has 0 aliphatic carbocycles. The molecule has 0 saturated carbocycles. The van der Waals surface area contributed by atoms with Crippen molar-refractivity contribution in [1.82, 2.24) is 19.6 Å². The van der Waals surface area contributed by atoms with Crippen molar-refractivity contribution >= 4 is 34.7 Å². The number of rotatable bonds is 9. The van der Waals surface area contributed by atoms with Crippen molar-refractivity contribution in [2.75, 3.05) is 44.6 Å². The van der Waals surface area contributed by atoms with Gasteiger partial charge in [-0.2, -0.15) is 4.98 Å². The molecule has 1 unspecified atom stereocenters. The largest absolute Gasteiger partial charge is 0.491 e. The van der Waals surface area contributed by atoms with Gasteiger partial charge in [-0.1, -0.05) is 12.1 Å². The van der Waals surface area contributed by atoms with Crippen LogP contribution in [0.15, 0.2) is 54.9 Å². The van der Waals surface area contributed by atoms with Crippen molar-refractivity contribution in [3.63, 3.8) is 0 Å². The number of ether oxygens (including phenoxy) is 3. The van der Waals surface area contributed by atoms with Gasteiger partial charge < -0.3 is 24.4 Å². The van der Waals surface area contributed by atoms with Crippen LogP contribution in [0.25, 0.3) is 5.65 Å². The van der Waals surface area contributed by atoms with Gasteiger partial charge in [-0.25, -0.2) is 14.3 Å². The fraction of sp³-hybridized carbons (Fsp3) is 0.321. The lowest BCUT2D eigenvalue weighted by atomic mass is 9.90. The Morgan fingerprint density at radius 3 is 2.59 bits per heavy atom. The molecule has 4 heterocycles. The fourth-order valence-corrected chi connectivity index (χ4v) is 4.82. The summed E-state index contributed by atoms with van der Waals surface area (Å²) in [5.41, 5.74) is 2.42. The van der Waals surface area contributed by atoms with E-state index in [-0.39, 0.29) is 11.7 Å². The van der Waals surface area contributed by atoms with E-state index in [2.05, 4.69) is 20.2 Å². The van der Waals surface area contributed by atoms with Gasteiger partial charge in [-0.3, -0.25) is 4.79 Å². The molecule has 1 aliphatic heterocycles. The number of Topliss-reactive ketones (excluding diaryl/α,β-unsaturated/α-hetero) is 1. The monoisotopic (exact) mass is 530 g/mol. The number of esters is 1. The van der Waals surface area contributed by atoms with Crippen LogP contribution in [-0.4, -0.2) is 65.8 Å². The predicted octanol–water partition coefficient (Wildman–Crippen LogP) is 4.16. The number of aromatic nitrogens is 4. The Morgan fingerprint density at radius 1 is 1.05 bits per heavy atom. The maximum absolute atomic E-state index is 13.0. The maximum atomic E-state index is 13.0. The van der Waals surface area contributed by atoms with Gasteiger partial charge in [0.2, 0.25) is 0 Å². The molecular formula is C28H30N6O5. The number of hydrogen-bond acceptors (Lipinski definition) is 10. The molecule has 1 N–H and O–H groups in total. The number of pyridine rings is 1. The first kappa shape index (κ1) is 26.0. The van der Waals surface area contributed by atoms with Crippen LogP contribution in [0.2, 0.25) is 0 Å². The summed E-state index contributed by atoms with van der Waals surface area (Å²) in [6.45, 7) is 1.53. The van der Waals surface area contributed by atoms with Crippen molar-refractivity contribution in [1.29, 1.82) is 0 Å². The number of piperidine rings is 1. The highest BCUT2D eigenvalue weighted by molar-refractivity contribution is 5.97. The Hall–Kier alpha value is -4.67. The fourth-order valence-electron chi connectivity index (χ4n) is 4.82. The third kappa shape index (κ3) is 5.62. The van der Waals surface area contributed by atoms with Crippen LogP contribution in [0, 0.1) is 5.92 Å². The average molecular weight is 531 g/mol. The van der Waals surface area contributed by atoms with Gasteiger partial charge >= 0.3 is 5.97 Å². The quantitative estimate of drug-likeness (QED) is 0.249. The first-order chi connectivity index (χ1) is 19.0. The number of imidazole rings is 1. The van der Waals surface area contributed by atoms with Gasteiger partial charge in [-0.15, -0.1) is 5.10 Å². The second kappa shape index (κ2) is 11.4. The minimum Gasteiger partial charge on any atom is -0.491 e. The van der Waals surface area contributed by atoms with Crippen LogP contribution < -0.4 is 19.7 Å². The summed E-state index contributed by atoms with van der Waals surface area (Å²) in [5.74, 6) is 2.08. The maximum Gasteiger partial charge on any atom is 0.337 e. The van der Waals surface area contributed by atoms with E-state index in [0.29, 0.717) is 47.2 Å². The van der Waals surface area contributed by atoms with Gasteiger partial charge in [0.25, 0.3) is 5.88 Å². The van der Waals surface area contributed by atoms with Crippen LogP contribution in [0.1, 0.15) is 40.0 Å². The minimum atomic E-state index is -0.421. The van der Waals surface area contributed by atoms with Crippen molar-refractivity contribution in [3.8, 4) is 11.6 Å². The summed E-state index contributed by atoms with van der Waals surface area (Å²) < 4.78 is 17.1. The number of fused-ring (bicyclic) bond motifs is 1. The number of nitrogens with one attached hydrogen (secondary N) is 1. The SMILES string of the molecule is COC(=O)c1ccc(C(=O)CC2CCCN(c3cc(Nc4ccc(OC)c(OC)n4)c4nccn4n3)C2)cc1. The van der Waals surface area contributed by atoms with E-state index in [1.165, 1.54) is 7.11 Å². The molecule has 0 spiro atoms. The Morgan fingerprint density at radius 2 is 1.85 bits per heavy atom. The molecule has 1 aromatic carbocycles. The molecule has 4 aromatic rings. The smallest absolute Gasteiger partial charge is 0.337 e. The first-order valence-corrected chi connectivity index (χ1v) is 12.7. The number of methoxy groups -OCH3 is 3. The summed E-state index contributed by atoms with van der Waals surface area (Å²) in [6, 6.07) is 12.2. The van der Waals surface area contributed by atoms with Gasteiger partial charge in [0.05, 0.1) is 32.6 Å². The highest BCUT2D eigenvalue weighted by atomic mass is 16.5. The molecule has 11 heteroatoms. The van der Waals surface area contributed by atoms with Crippen LogP contribution in [0.5, 0.6) is 11.6 Å². The van der Waals surface area contributed by atoms with Crippen LogP contribution in [0.3, 0.4) is 0 Å². The van der Waals surface area contributed by atoms with Crippen molar-refractivity contribution < 1.29 is 23.8 Å². The van der Waals surface area contributed by atoms with E-state index in [1.807, 2.05) is 6.07 Å². The van der Waals surface area contributed by atoms with E-state index in [9.17, 15) is 9.59 Å². The third-order valence-corrected chi connectivity index (χ3v) is 6.79. The number of benzene rings is 1. The Bertz CT molecular complexity index is 1490. The van der Waals surface area contributed by atoms with Crippen molar-refractivity contribution in [2.24, 2.45) is 5.92 Å². The van der Waals surface area contributed by atoms with E-state index < -0.39 is 5.97 Å². The summed E-state index contributed by atoms with van der Waals surface area (Å²) in [5, 5.41) is 8.11. The molecule has 0 bridgehead atoms. The highest BCUT2D eigenvalue weighted by Gasteiger charge is 2.25.